The molecule has 0 bridgehead atoms. The molecule has 0 aromatic carbocycles. The van der Waals surface area contributed by atoms with Crippen molar-refractivity contribution in [3.05, 3.63) is 0 Å². The number of hydrogen-bond donors (Lipinski definition) is 1. The van der Waals surface area contributed by atoms with E-state index in [1.807, 2.05) is 5.01 Å². The predicted molar refractivity (Wildman–Crippen MR) is 47.0 cm³/mol. The molecule has 1 aliphatic heterocycles. The van der Waals surface area contributed by atoms with Gasteiger partial charge in [-0.3, -0.25) is 4.79 Å². The Bertz CT molecular complexity index is 169. The van der Waals surface area contributed by atoms with Gasteiger partial charge in [0.15, 0.2) is 0 Å². The van der Waals surface area contributed by atoms with Crippen LogP contribution in [0, 0.1) is 0 Å². The van der Waals surface area contributed by atoms with E-state index in [0.29, 0.717) is 13.2 Å². The second-order valence-electron chi connectivity index (χ2n) is 2.97. The second-order valence-corrected chi connectivity index (χ2v) is 2.97. The van der Waals surface area contributed by atoms with Gasteiger partial charge in [-0.2, -0.15) is 0 Å². The second kappa shape index (κ2) is 5.16. The maximum Gasteiger partial charge on any atom is 0.323 e. The lowest BCUT2D eigenvalue weighted by Gasteiger charge is -2.29. The molecule has 1 heterocycles. The van der Waals surface area contributed by atoms with Crippen LogP contribution in [0.25, 0.3) is 0 Å². The number of rotatable bonds is 3. The van der Waals surface area contributed by atoms with Crippen molar-refractivity contribution >= 4 is 5.97 Å². The van der Waals surface area contributed by atoms with Gasteiger partial charge in [0.25, 0.3) is 0 Å². The van der Waals surface area contributed by atoms with E-state index < -0.39 is 0 Å². The van der Waals surface area contributed by atoms with Crippen molar-refractivity contribution in [3.8, 4) is 0 Å². The molecule has 0 spiro atoms. The van der Waals surface area contributed by atoms with Gasteiger partial charge in [-0.25, -0.2) is 10.4 Å². The zero-order valence-electron chi connectivity index (χ0n) is 8.08. The first-order valence-corrected chi connectivity index (χ1v) is 4.40. The molecule has 1 unspecified atom stereocenters. The van der Waals surface area contributed by atoms with Crippen LogP contribution in [0.2, 0.25) is 0 Å². The molecule has 0 radical (unpaired) electrons. The average Bonchev–Trinajstić information content (AvgIpc) is 2.18. The standard InChI is InChI=1S/C8H16N2O3/c1-7(8(11)12-2)9-10-3-5-13-6-4-10/h7,9H,3-6H2,1-2H3. The summed E-state index contributed by atoms with van der Waals surface area (Å²) >= 11 is 0. The number of ether oxygens (including phenoxy) is 2. The van der Waals surface area contributed by atoms with Gasteiger partial charge in [0.2, 0.25) is 0 Å². The summed E-state index contributed by atoms with van der Waals surface area (Å²) < 4.78 is 9.76. The first-order valence-electron chi connectivity index (χ1n) is 4.40. The van der Waals surface area contributed by atoms with Gasteiger partial charge < -0.3 is 9.47 Å². The maximum atomic E-state index is 11.0. The quantitative estimate of drug-likeness (QED) is 0.598. The molecule has 1 saturated heterocycles. The molecule has 5 heteroatoms. The minimum Gasteiger partial charge on any atom is -0.468 e. The van der Waals surface area contributed by atoms with Crippen LogP contribution in [-0.2, 0) is 14.3 Å². The molecule has 1 N–H and O–H groups in total. The van der Waals surface area contributed by atoms with E-state index in [4.69, 9.17) is 4.74 Å². The van der Waals surface area contributed by atoms with Gasteiger partial charge in [0.05, 0.1) is 20.3 Å². The average molecular weight is 188 g/mol. The molecule has 13 heavy (non-hydrogen) atoms. The monoisotopic (exact) mass is 188 g/mol. The number of hydrogen-bond acceptors (Lipinski definition) is 5. The molecule has 76 valence electrons. The highest BCUT2D eigenvalue weighted by molar-refractivity contribution is 5.74. The fourth-order valence-corrected chi connectivity index (χ4v) is 1.20. The van der Waals surface area contributed by atoms with Crippen LogP contribution in [-0.4, -0.2) is 50.4 Å². The third-order valence-corrected chi connectivity index (χ3v) is 1.94. The Morgan fingerprint density at radius 2 is 2.15 bits per heavy atom. The number of carbonyl (C=O) groups is 1. The summed E-state index contributed by atoms with van der Waals surface area (Å²) in [5.74, 6) is -0.244. The summed E-state index contributed by atoms with van der Waals surface area (Å²) in [4.78, 5) is 11.0. The first-order chi connectivity index (χ1) is 6.24. The summed E-state index contributed by atoms with van der Waals surface area (Å²) in [7, 11) is 1.39. The Balaban J connectivity index is 2.25. The van der Waals surface area contributed by atoms with Gasteiger partial charge >= 0.3 is 5.97 Å². The Morgan fingerprint density at radius 3 is 2.69 bits per heavy atom. The third-order valence-electron chi connectivity index (χ3n) is 1.94. The zero-order chi connectivity index (χ0) is 9.68. The molecule has 0 amide bonds. The summed E-state index contributed by atoms with van der Waals surface area (Å²) in [5, 5.41) is 1.98. The first kappa shape index (κ1) is 10.4. The van der Waals surface area contributed by atoms with E-state index in [2.05, 4.69) is 10.2 Å². The predicted octanol–water partition coefficient (Wildman–Crippen LogP) is -0.615. The van der Waals surface area contributed by atoms with Gasteiger partial charge in [-0.05, 0) is 6.92 Å². The lowest BCUT2D eigenvalue weighted by atomic mass is 10.3. The van der Waals surface area contributed by atoms with Gasteiger partial charge in [-0.15, -0.1) is 0 Å². The number of esters is 1. The summed E-state index contributed by atoms with van der Waals surface area (Å²) in [6.07, 6.45) is 0. The Kier molecular flexibility index (Phi) is 4.14. The van der Waals surface area contributed by atoms with Crippen LogP contribution in [0.3, 0.4) is 0 Å². The highest BCUT2D eigenvalue weighted by Gasteiger charge is 2.17. The number of nitrogens with one attached hydrogen (secondary N) is 1. The highest BCUT2D eigenvalue weighted by atomic mass is 16.5. The minimum atomic E-state index is -0.289. The Hall–Kier alpha value is -0.650. The van der Waals surface area contributed by atoms with Gasteiger partial charge in [0, 0.05) is 13.1 Å². The molecule has 1 rings (SSSR count). The van der Waals surface area contributed by atoms with E-state index >= 15 is 0 Å². The van der Waals surface area contributed by atoms with Crippen molar-refractivity contribution in [1.29, 1.82) is 0 Å². The number of morpholine rings is 1. The minimum absolute atomic E-state index is 0.244. The number of carbonyl (C=O) groups excluding carboxylic acids is 1. The van der Waals surface area contributed by atoms with Gasteiger partial charge in [0.1, 0.15) is 6.04 Å². The molecule has 1 aliphatic rings. The molecule has 5 nitrogen and oxygen atoms in total. The number of methoxy groups -OCH3 is 1. The summed E-state index contributed by atoms with van der Waals surface area (Å²) in [6, 6.07) is -0.289. The van der Waals surface area contributed by atoms with Crippen molar-refractivity contribution in [2.75, 3.05) is 33.4 Å². The summed E-state index contributed by atoms with van der Waals surface area (Å²) in [5.41, 5.74) is 3.05. The normalized spacial score (nSPS) is 21.1. The van der Waals surface area contributed by atoms with Crippen LogP contribution in [0.4, 0.5) is 0 Å². The number of hydrazine groups is 1. The SMILES string of the molecule is COC(=O)C(C)NN1CCOCC1. The lowest BCUT2D eigenvalue weighted by Crippen LogP contribution is -2.51. The molecular formula is C8H16N2O3. The fourth-order valence-electron chi connectivity index (χ4n) is 1.20. The van der Waals surface area contributed by atoms with Crippen LogP contribution in [0.1, 0.15) is 6.92 Å². The Morgan fingerprint density at radius 1 is 1.54 bits per heavy atom. The van der Waals surface area contributed by atoms with Crippen LogP contribution in [0.15, 0.2) is 0 Å². The van der Waals surface area contributed by atoms with E-state index in [9.17, 15) is 4.79 Å². The molecular weight excluding hydrogens is 172 g/mol. The van der Waals surface area contributed by atoms with Gasteiger partial charge in [-0.1, -0.05) is 0 Å². The van der Waals surface area contributed by atoms with Crippen LogP contribution < -0.4 is 5.43 Å². The summed E-state index contributed by atoms with van der Waals surface area (Å²) in [6.45, 7) is 4.81. The third kappa shape index (κ3) is 3.30. The topological polar surface area (TPSA) is 50.8 Å². The van der Waals surface area contributed by atoms with E-state index in [1.54, 1.807) is 6.92 Å². The van der Waals surface area contributed by atoms with Crippen LogP contribution in [0.5, 0.6) is 0 Å². The van der Waals surface area contributed by atoms with E-state index in [0.717, 1.165) is 13.1 Å². The van der Waals surface area contributed by atoms with Crippen LogP contribution >= 0.6 is 0 Å². The fraction of sp³-hybridized carbons (Fsp3) is 0.875. The molecule has 0 aromatic rings. The molecule has 0 aliphatic carbocycles. The molecule has 0 aromatic heterocycles. The van der Waals surface area contributed by atoms with Crippen molar-refractivity contribution < 1.29 is 14.3 Å². The Labute approximate surface area is 78.0 Å². The van der Waals surface area contributed by atoms with E-state index in [1.165, 1.54) is 7.11 Å². The number of nitrogens with zero attached hydrogens (tertiary/aromatic N) is 1. The molecule has 1 fully saturated rings. The van der Waals surface area contributed by atoms with Crippen molar-refractivity contribution in [1.82, 2.24) is 10.4 Å². The molecule has 0 saturated carbocycles. The lowest BCUT2D eigenvalue weighted by molar-refractivity contribution is -0.144. The van der Waals surface area contributed by atoms with Crippen molar-refractivity contribution in [2.45, 2.75) is 13.0 Å². The highest BCUT2D eigenvalue weighted by Crippen LogP contribution is 1.95. The maximum absolute atomic E-state index is 11.0. The zero-order valence-corrected chi connectivity index (χ0v) is 8.08. The molecule has 1 atom stereocenters. The van der Waals surface area contributed by atoms with Crippen molar-refractivity contribution in [2.24, 2.45) is 0 Å². The van der Waals surface area contributed by atoms with E-state index in [-0.39, 0.29) is 12.0 Å². The van der Waals surface area contributed by atoms with Crippen molar-refractivity contribution in [3.63, 3.8) is 0 Å². The largest absolute Gasteiger partial charge is 0.468 e. The smallest absolute Gasteiger partial charge is 0.323 e.